The summed E-state index contributed by atoms with van der Waals surface area (Å²) in [5.74, 6) is 1.33. The predicted molar refractivity (Wildman–Crippen MR) is 266 cm³/mol. The first-order valence-corrected chi connectivity index (χ1v) is 22.5. The number of benzene rings is 8. The van der Waals surface area contributed by atoms with E-state index < -0.39 is 0 Å². The van der Waals surface area contributed by atoms with Gasteiger partial charge in [0.05, 0.1) is 33.4 Å². The molecular formula is C58H36N4S. The molecule has 0 N–H and O–H groups in total. The molecule has 0 radical (unpaired) electrons. The normalized spacial score (nSPS) is 15.7. The topological polar surface area (TPSA) is 35.6 Å². The third-order valence-electron chi connectivity index (χ3n) is 13.5. The molecule has 2 aliphatic carbocycles. The fraction of sp³-hybridized carbons (Fsp3) is 0.0345. The van der Waals surface area contributed by atoms with Crippen LogP contribution in [0.25, 0.3) is 115 Å². The van der Waals surface area contributed by atoms with Gasteiger partial charge in [0.25, 0.3) is 0 Å². The van der Waals surface area contributed by atoms with Crippen molar-refractivity contribution in [3.8, 4) is 34.0 Å². The zero-order chi connectivity index (χ0) is 41.2. The molecule has 0 bridgehead atoms. The molecule has 0 spiro atoms. The molecule has 4 aromatic heterocycles. The molecule has 294 valence electrons. The number of para-hydroxylation sites is 3. The van der Waals surface area contributed by atoms with Crippen LogP contribution in [0.1, 0.15) is 17.2 Å². The Morgan fingerprint density at radius 2 is 1.19 bits per heavy atom. The van der Waals surface area contributed by atoms with Crippen LogP contribution in [0.3, 0.4) is 0 Å². The number of rotatable bonds is 4. The third-order valence-corrected chi connectivity index (χ3v) is 14.6. The molecule has 14 rings (SSSR count). The van der Waals surface area contributed by atoms with Crippen LogP contribution in [0, 0.1) is 5.92 Å². The van der Waals surface area contributed by atoms with Crippen LogP contribution in [0.4, 0.5) is 0 Å². The minimum Gasteiger partial charge on any atom is -0.312 e. The highest BCUT2D eigenvalue weighted by Gasteiger charge is 2.31. The average Bonchev–Trinajstić information content (AvgIpc) is 4.00. The molecule has 0 saturated heterocycles. The summed E-state index contributed by atoms with van der Waals surface area (Å²) in [5, 5.41) is 9.77. The van der Waals surface area contributed by atoms with Crippen molar-refractivity contribution >= 4 is 92.0 Å². The SMILES string of the molecule is C1=CC2C=Cc3c(n(-c4cccc5cc6c7ccccc7n(-c7ccc(-c8nc(-c9ccc%10sc%11ccccc%11c%10c9)nc9ccccc89)cc7)c6cc45)c4ccccc34)C2C=C1. The molecule has 0 fully saturated rings. The van der Waals surface area contributed by atoms with Crippen LogP contribution in [0.15, 0.2) is 200 Å². The summed E-state index contributed by atoms with van der Waals surface area (Å²) in [5.41, 5.74) is 12.5. The maximum atomic E-state index is 5.32. The summed E-state index contributed by atoms with van der Waals surface area (Å²) >= 11 is 1.83. The van der Waals surface area contributed by atoms with Gasteiger partial charge in [0.1, 0.15) is 0 Å². The lowest BCUT2D eigenvalue weighted by Gasteiger charge is -2.28. The van der Waals surface area contributed by atoms with Crippen LogP contribution in [-0.2, 0) is 0 Å². The lowest BCUT2D eigenvalue weighted by atomic mass is 9.80. The number of fused-ring (bicyclic) bond motifs is 13. The lowest BCUT2D eigenvalue weighted by molar-refractivity contribution is 0.662. The molecule has 4 nitrogen and oxygen atoms in total. The molecule has 2 atom stereocenters. The zero-order valence-electron chi connectivity index (χ0n) is 34.0. The van der Waals surface area contributed by atoms with E-state index in [9.17, 15) is 0 Å². The quantitative estimate of drug-likeness (QED) is 0.177. The van der Waals surface area contributed by atoms with Gasteiger partial charge >= 0.3 is 0 Å². The third kappa shape index (κ3) is 5.14. The molecule has 2 aliphatic rings. The van der Waals surface area contributed by atoms with Gasteiger partial charge in [-0.2, -0.15) is 0 Å². The van der Waals surface area contributed by atoms with Crippen LogP contribution >= 0.6 is 11.3 Å². The van der Waals surface area contributed by atoms with Gasteiger partial charge in [-0.25, -0.2) is 9.97 Å². The number of hydrogen-bond donors (Lipinski definition) is 0. The molecule has 0 aliphatic heterocycles. The second-order valence-electron chi connectivity index (χ2n) is 16.9. The molecule has 0 amide bonds. The highest BCUT2D eigenvalue weighted by molar-refractivity contribution is 7.25. The van der Waals surface area contributed by atoms with E-state index in [-0.39, 0.29) is 5.92 Å². The predicted octanol–water partition coefficient (Wildman–Crippen LogP) is 15.4. The monoisotopic (exact) mass is 820 g/mol. The van der Waals surface area contributed by atoms with Crippen molar-refractivity contribution in [2.45, 2.75) is 5.92 Å². The van der Waals surface area contributed by atoms with E-state index in [1.54, 1.807) is 0 Å². The Morgan fingerprint density at radius 1 is 0.460 bits per heavy atom. The molecule has 0 saturated carbocycles. The zero-order valence-corrected chi connectivity index (χ0v) is 34.8. The van der Waals surface area contributed by atoms with E-state index in [0.29, 0.717) is 5.92 Å². The molecule has 2 unspecified atom stereocenters. The molecule has 12 aromatic rings. The Balaban J connectivity index is 0.940. The number of allylic oxidation sites excluding steroid dienone is 5. The number of nitrogens with zero attached hydrogens (tertiary/aromatic N) is 4. The van der Waals surface area contributed by atoms with Gasteiger partial charge in [-0.3, -0.25) is 0 Å². The van der Waals surface area contributed by atoms with Crippen molar-refractivity contribution in [1.82, 2.24) is 19.1 Å². The first-order chi connectivity index (χ1) is 31.2. The molecule has 63 heavy (non-hydrogen) atoms. The van der Waals surface area contributed by atoms with E-state index in [4.69, 9.17) is 9.97 Å². The summed E-state index contributed by atoms with van der Waals surface area (Å²) in [4.78, 5) is 10.4. The van der Waals surface area contributed by atoms with Crippen LogP contribution in [0.2, 0.25) is 0 Å². The maximum absolute atomic E-state index is 5.32. The van der Waals surface area contributed by atoms with E-state index in [1.807, 2.05) is 11.3 Å². The van der Waals surface area contributed by atoms with E-state index >= 15 is 0 Å². The first-order valence-electron chi connectivity index (χ1n) is 21.7. The Kier molecular flexibility index (Phi) is 7.36. The smallest absolute Gasteiger partial charge is 0.160 e. The standard InChI is InChI=1S/C58H36N4S/c1-2-14-40-35(12-1)26-30-44-41-15-4-9-21-51(41)62(57(40)44)52-22-11-13-37-32-47-42-16-5-8-20-50(42)61(53(47)34-46(37)52)39-28-24-36(25-29-39)56-45-18-3-7-19-49(45)59-58(60-56)38-27-31-55-48(33-38)43-17-6-10-23-54(43)63-55/h1-35,40H. The first kappa shape index (κ1) is 34.8. The molecule has 5 heteroatoms. The molecule has 8 aromatic carbocycles. The van der Waals surface area contributed by atoms with Crippen molar-refractivity contribution in [1.29, 1.82) is 0 Å². The van der Waals surface area contributed by atoms with E-state index in [2.05, 4.69) is 215 Å². The van der Waals surface area contributed by atoms with Gasteiger partial charge < -0.3 is 9.13 Å². The summed E-state index contributed by atoms with van der Waals surface area (Å²) in [6, 6.07) is 61.9. The van der Waals surface area contributed by atoms with Gasteiger partial charge in [-0.1, -0.05) is 134 Å². The number of thiophene rings is 1. The van der Waals surface area contributed by atoms with E-state index in [0.717, 1.165) is 39.2 Å². The minimum absolute atomic E-state index is 0.263. The molecular weight excluding hydrogens is 785 g/mol. The molecule has 4 heterocycles. The van der Waals surface area contributed by atoms with Gasteiger partial charge in [0.15, 0.2) is 5.82 Å². The Bertz CT molecular complexity index is 3990. The summed E-state index contributed by atoms with van der Waals surface area (Å²) in [6.07, 6.45) is 13.8. The van der Waals surface area contributed by atoms with Crippen LogP contribution in [-0.4, -0.2) is 19.1 Å². The van der Waals surface area contributed by atoms with Gasteiger partial charge in [-0.15, -0.1) is 11.3 Å². The number of hydrogen-bond acceptors (Lipinski definition) is 3. The lowest BCUT2D eigenvalue weighted by Crippen LogP contribution is -2.16. The second kappa shape index (κ2) is 13.3. The summed E-state index contributed by atoms with van der Waals surface area (Å²) in [7, 11) is 0. The summed E-state index contributed by atoms with van der Waals surface area (Å²) in [6.45, 7) is 0. The fourth-order valence-electron chi connectivity index (χ4n) is 10.6. The van der Waals surface area contributed by atoms with Crippen molar-refractivity contribution in [2.24, 2.45) is 5.92 Å². The van der Waals surface area contributed by atoms with Crippen LogP contribution < -0.4 is 0 Å². The number of aromatic nitrogens is 4. The van der Waals surface area contributed by atoms with Gasteiger partial charge in [0.2, 0.25) is 0 Å². The minimum atomic E-state index is 0.263. The van der Waals surface area contributed by atoms with Gasteiger partial charge in [0, 0.05) is 87.0 Å². The van der Waals surface area contributed by atoms with Crippen molar-refractivity contribution < 1.29 is 0 Å². The Labute approximate surface area is 366 Å². The Morgan fingerprint density at radius 3 is 2.08 bits per heavy atom. The van der Waals surface area contributed by atoms with E-state index in [1.165, 1.54) is 80.6 Å². The highest BCUT2D eigenvalue weighted by Crippen LogP contribution is 2.46. The van der Waals surface area contributed by atoms with Gasteiger partial charge in [-0.05, 0) is 78.2 Å². The largest absolute Gasteiger partial charge is 0.312 e. The Hall–Kier alpha value is -7.86. The summed E-state index contributed by atoms with van der Waals surface area (Å²) < 4.78 is 7.55. The van der Waals surface area contributed by atoms with Crippen molar-refractivity contribution in [3.05, 3.63) is 211 Å². The average molecular weight is 821 g/mol. The van der Waals surface area contributed by atoms with Crippen LogP contribution in [0.5, 0.6) is 0 Å². The fourth-order valence-corrected chi connectivity index (χ4v) is 11.7. The van der Waals surface area contributed by atoms with Crippen molar-refractivity contribution in [2.75, 3.05) is 0 Å². The van der Waals surface area contributed by atoms with Crippen molar-refractivity contribution in [3.63, 3.8) is 0 Å². The highest BCUT2D eigenvalue weighted by atomic mass is 32.1. The maximum Gasteiger partial charge on any atom is 0.160 e. The second-order valence-corrected chi connectivity index (χ2v) is 18.0.